The third-order valence-corrected chi connectivity index (χ3v) is 6.92. The third kappa shape index (κ3) is 22.0. The second kappa shape index (κ2) is 26.7. The van der Waals surface area contributed by atoms with E-state index in [0.717, 1.165) is 57.1 Å². The lowest BCUT2D eigenvalue weighted by atomic mass is 9.99. The molecule has 1 atom stereocenters. The van der Waals surface area contributed by atoms with Crippen molar-refractivity contribution >= 4 is 11.8 Å². The first-order valence-corrected chi connectivity index (χ1v) is 17.1. The third-order valence-electron chi connectivity index (χ3n) is 6.92. The fourth-order valence-electron chi connectivity index (χ4n) is 4.19. The summed E-state index contributed by atoms with van der Waals surface area (Å²) in [6, 6.07) is 13.2. The molecule has 8 heteroatoms. The van der Waals surface area contributed by atoms with E-state index in [1.54, 1.807) is 19.9 Å². The molecule has 0 aromatic heterocycles. The first-order chi connectivity index (χ1) is 21.9. The molecule has 0 aliphatic heterocycles. The minimum atomic E-state index is -4.22. The molecule has 2 aromatic rings. The van der Waals surface area contributed by atoms with Crippen molar-refractivity contribution in [2.75, 3.05) is 13.1 Å². The van der Waals surface area contributed by atoms with Gasteiger partial charge in [0.05, 0.1) is 12.1 Å². The van der Waals surface area contributed by atoms with Crippen molar-refractivity contribution in [1.29, 1.82) is 0 Å². The van der Waals surface area contributed by atoms with Gasteiger partial charge in [0, 0.05) is 12.2 Å². The molecule has 1 saturated carbocycles. The lowest BCUT2D eigenvalue weighted by Gasteiger charge is -2.15. The highest BCUT2D eigenvalue weighted by Crippen LogP contribution is 2.31. The highest BCUT2D eigenvalue weighted by atomic mass is 19.4. The summed E-state index contributed by atoms with van der Waals surface area (Å²) in [4.78, 5) is 24.3. The van der Waals surface area contributed by atoms with Crippen LogP contribution in [0.5, 0.6) is 0 Å². The number of amides is 2. The fourth-order valence-corrected chi connectivity index (χ4v) is 4.19. The van der Waals surface area contributed by atoms with Crippen molar-refractivity contribution in [3.63, 3.8) is 0 Å². The van der Waals surface area contributed by atoms with Crippen molar-refractivity contribution in [1.82, 2.24) is 16.0 Å². The number of allylic oxidation sites excluding steroid dienone is 2. The number of aryl methyl sites for hydroxylation is 3. The topological polar surface area (TPSA) is 70.2 Å². The summed E-state index contributed by atoms with van der Waals surface area (Å²) in [5.74, 6) is -0.283. The Bertz CT molecular complexity index is 1150. The predicted octanol–water partition coefficient (Wildman–Crippen LogP) is 10.1. The molecule has 0 heterocycles. The van der Waals surface area contributed by atoms with Gasteiger partial charge in [-0.15, -0.1) is 0 Å². The van der Waals surface area contributed by atoms with Crippen molar-refractivity contribution in [2.45, 2.75) is 139 Å². The number of halogens is 3. The Hall–Kier alpha value is -3.29. The van der Waals surface area contributed by atoms with E-state index in [4.69, 9.17) is 0 Å². The van der Waals surface area contributed by atoms with Crippen molar-refractivity contribution < 1.29 is 22.8 Å². The SMILES string of the molecule is C.CCC.CCCC.CCCc1ccccc1CCCNC(=O)C(C)NC(=O)CNC(CC)=C1CC1.Cc1cccc(C(F)(F)F)c1. The molecule has 5 nitrogen and oxygen atoms in total. The van der Waals surface area contributed by atoms with E-state index in [-0.39, 0.29) is 25.8 Å². The molecule has 1 aliphatic carbocycles. The molecule has 0 spiro atoms. The van der Waals surface area contributed by atoms with E-state index < -0.39 is 17.8 Å². The molecule has 1 unspecified atom stereocenters. The lowest BCUT2D eigenvalue weighted by molar-refractivity contribution is -0.137. The van der Waals surface area contributed by atoms with Gasteiger partial charge in [0.15, 0.2) is 0 Å². The van der Waals surface area contributed by atoms with E-state index in [1.807, 2.05) is 0 Å². The van der Waals surface area contributed by atoms with Crippen molar-refractivity contribution in [3.8, 4) is 0 Å². The minimum Gasteiger partial charge on any atom is -0.380 e. The summed E-state index contributed by atoms with van der Waals surface area (Å²) >= 11 is 0. The molecule has 3 N–H and O–H groups in total. The Morgan fingerprint density at radius 1 is 0.830 bits per heavy atom. The molecule has 0 radical (unpaired) electrons. The number of alkyl halides is 3. The Morgan fingerprint density at radius 2 is 1.40 bits per heavy atom. The molecular formula is C39H64F3N3O2. The summed E-state index contributed by atoms with van der Waals surface area (Å²) in [5.41, 5.74) is 5.40. The van der Waals surface area contributed by atoms with Gasteiger partial charge in [0.1, 0.15) is 6.04 Å². The smallest absolute Gasteiger partial charge is 0.380 e. The number of carbonyl (C=O) groups is 2. The van der Waals surface area contributed by atoms with Gasteiger partial charge in [-0.25, -0.2) is 0 Å². The quantitative estimate of drug-likeness (QED) is 0.187. The highest BCUT2D eigenvalue weighted by Gasteiger charge is 2.29. The monoisotopic (exact) mass is 663 g/mol. The number of hydrogen-bond donors (Lipinski definition) is 3. The molecule has 0 saturated heterocycles. The van der Waals surface area contributed by atoms with Crippen LogP contribution in [0.4, 0.5) is 13.2 Å². The lowest BCUT2D eigenvalue weighted by Crippen LogP contribution is -2.47. The second-order valence-electron chi connectivity index (χ2n) is 11.6. The first kappa shape index (κ1) is 45.8. The number of rotatable bonds is 13. The number of nitrogens with one attached hydrogen (secondary N) is 3. The molecule has 268 valence electrons. The molecule has 2 aromatic carbocycles. The van der Waals surface area contributed by atoms with Gasteiger partial charge in [0.2, 0.25) is 11.8 Å². The van der Waals surface area contributed by atoms with Crippen molar-refractivity contribution in [2.24, 2.45) is 0 Å². The zero-order valence-corrected chi connectivity index (χ0v) is 29.6. The number of benzene rings is 2. The number of unbranched alkanes of at least 4 members (excludes halogenated alkanes) is 1. The standard InChI is InChI=1S/C23H35N3O2.C8H7F3.C4H10.C3H8.CH4/c1-4-9-18-10-6-7-11-19(18)12-8-15-24-23(28)17(3)26-22(27)16-25-21(5-2)20-13-14-20;1-6-3-2-4-7(5-6)8(9,10)11;1-3-4-2;1-3-2;/h6-7,10-11,17,25H,4-5,8-9,12-16H2,1-3H3,(H,24,28)(H,26,27);2-5H,1H3;3-4H2,1-2H3;3H2,1-2H3;1H4. The highest BCUT2D eigenvalue weighted by molar-refractivity contribution is 5.88. The van der Waals surface area contributed by atoms with Crippen LogP contribution in [-0.4, -0.2) is 30.9 Å². The fraction of sp³-hybridized carbons (Fsp3) is 0.590. The second-order valence-corrected chi connectivity index (χ2v) is 11.6. The van der Waals surface area contributed by atoms with E-state index >= 15 is 0 Å². The Labute approximate surface area is 284 Å². The zero-order valence-electron chi connectivity index (χ0n) is 29.6. The summed E-state index contributed by atoms with van der Waals surface area (Å²) in [6.45, 7) is 17.1. The number of carbonyl (C=O) groups excluding carboxylic acids is 2. The van der Waals surface area contributed by atoms with Gasteiger partial charge in [-0.05, 0) is 69.6 Å². The summed E-state index contributed by atoms with van der Waals surface area (Å²) in [6.07, 6.45) is 6.94. The maximum absolute atomic E-state index is 12.2. The molecule has 2 amide bonds. The summed E-state index contributed by atoms with van der Waals surface area (Å²) in [5, 5.41) is 8.89. The van der Waals surface area contributed by atoms with E-state index in [1.165, 1.54) is 47.7 Å². The zero-order chi connectivity index (χ0) is 35.0. The molecule has 1 fully saturated rings. The van der Waals surface area contributed by atoms with Crippen LogP contribution in [0.3, 0.4) is 0 Å². The summed E-state index contributed by atoms with van der Waals surface area (Å²) < 4.78 is 35.9. The van der Waals surface area contributed by atoms with Gasteiger partial charge < -0.3 is 16.0 Å². The average Bonchev–Trinajstić information content (AvgIpc) is 3.86. The molecule has 47 heavy (non-hydrogen) atoms. The van der Waals surface area contributed by atoms with Crippen LogP contribution < -0.4 is 16.0 Å². The van der Waals surface area contributed by atoms with Crippen molar-refractivity contribution in [3.05, 3.63) is 82.1 Å². The van der Waals surface area contributed by atoms with E-state index in [9.17, 15) is 22.8 Å². The maximum Gasteiger partial charge on any atom is 0.416 e. The van der Waals surface area contributed by atoms with Crippen LogP contribution in [0.15, 0.2) is 59.8 Å². The number of hydrogen-bond acceptors (Lipinski definition) is 3. The Kier molecular flexibility index (Phi) is 26.1. The maximum atomic E-state index is 12.2. The molecular weight excluding hydrogens is 599 g/mol. The van der Waals surface area contributed by atoms with Crippen LogP contribution in [0.1, 0.15) is 130 Å². The Balaban J connectivity index is 0. The average molecular weight is 664 g/mol. The minimum absolute atomic E-state index is 0. The van der Waals surface area contributed by atoms with Gasteiger partial charge >= 0.3 is 6.18 Å². The van der Waals surface area contributed by atoms with E-state index in [0.29, 0.717) is 12.1 Å². The van der Waals surface area contributed by atoms with Gasteiger partial charge in [-0.3, -0.25) is 9.59 Å². The van der Waals surface area contributed by atoms with Crippen LogP contribution in [0.2, 0.25) is 0 Å². The first-order valence-electron chi connectivity index (χ1n) is 17.1. The largest absolute Gasteiger partial charge is 0.416 e. The Morgan fingerprint density at radius 3 is 1.85 bits per heavy atom. The molecule has 3 rings (SSSR count). The molecule has 0 bridgehead atoms. The van der Waals surface area contributed by atoms with Gasteiger partial charge in [-0.1, -0.05) is 128 Å². The van der Waals surface area contributed by atoms with Crippen LogP contribution in [0.25, 0.3) is 0 Å². The van der Waals surface area contributed by atoms with Gasteiger partial charge in [0.25, 0.3) is 0 Å². The van der Waals surface area contributed by atoms with Crippen LogP contribution >= 0.6 is 0 Å². The van der Waals surface area contributed by atoms with Gasteiger partial charge in [-0.2, -0.15) is 13.2 Å². The molecule has 1 aliphatic rings. The van der Waals surface area contributed by atoms with Crippen LogP contribution in [-0.2, 0) is 28.6 Å². The summed E-state index contributed by atoms with van der Waals surface area (Å²) in [7, 11) is 0. The van der Waals surface area contributed by atoms with E-state index in [2.05, 4.69) is 81.8 Å². The predicted molar refractivity (Wildman–Crippen MR) is 193 cm³/mol. The normalized spacial score (nSPS) is 11.9. The van der Waals surface area contributed by atoms with Crippen LogP contribution in [0, 0.1) is 6.92 Å².